The Morgan fingerprint density at radius 1 is 1.23 bits per heavy atom. The molecule has 2 heterocycles. The van der Waals surface area contributed by atoms with E-state index in [2.05, 4.69) is 34.8 Å². The molecule has 1 atom stereocenters. The van der Waals surface area contributed by atoms with Crippen LogP contribution in [0.3, 0.4) is 0 Å². The molecule has 0 aliphatic rings. The lowest BCUT2D eigenvalue weighted by Crippen LogP contribution is -2.15. The highest BCUT2D eigenvalue weighted by Gasteiger charge is 2.21. The third-order valence-electron chi connectivity index (χ3n) is 5.55. The summed E-state index contributed by atoms with van der Waals surface area (Å²) in [5, 5.41) is 14.3. The number of aryl methyl sites for hydroxylation is 1. The highest BCUT2D eigenvalue weighted by molar-refractivity contribution is 6.35. The van der Waals surface area contributed by atoms with Crippen LogP contribution in [0.4, 0.5) is 17.5 Å². The molecular formula is C23H32ClN5O. The molecule has 1 aromatic carbocycles. The van der Waals surface area contributed by atoms with E-state index >= 15 is 0 Å². The average Bonchev–Trinajstić information content (AvgIpc) is 3.04. The van der Waals surface area contributed by atoms with E-state index in [0.717, 1.165) is 40.9 Å². The number of halogens is 1. The van der Waals surface area contributed by atoms with Crippen LogP contribution < -0.4 is 10.2 Å². The van der Waals surface area contributed by atoms with Crippen molar-refractivity contribution in [2.24, 2.45) is 0 Å². The van der Waals surface area contributed by atoms with Gasteiger partial charge < -0.3 is 19.9 Å². The van der Waals surface area contributed by atoms with Gasteiger partial charge in [0.15, 0.2) is 0 Å². The number of anilines is 3. The van der Waals surface area contributed by atoms with Gasteiger partial charge in [-0.3, -0.25) is 0 Å². The molecule has 3 rings (SSSR count). The van der Waals surface area contributed by atoms with Crippen LogP contribution >= 0.6 is 11.6 Å². The molecule has 1 unspecified atom stereocenters. The fourth-order valence-electron chi connectivity index (χ4n) is 3.87. The van der Waals surface area contributed by atoms with Crippen LogP contribution in [0, 0.1) is 6.92 Å². The maximum atomic E-state index is 10.2. The maximum Gasteiger partial charge on any atom is 0.208 e. The third-order valence-corrected chi connectivity index (χ3v) is 5.85. The number of fused-ring (bicyclic) bond motifs is 1. The Morgan fingerprint density at radius 3 is 2.50 bits per heavy atom. The van der Waals surface area contributed by atoms with E-state index in [1.165, 1.54) is 5.56 Å². The van der Waals surface area contributed by atoms with Gasteiger partial charge in [-0.15, -0.1) is 0 Å². The van der Waals surface area contributed by atoms with Gasteiger partial charge in [0.05, 0.1) is 35.1 Å². The molecular weight excluding hydrogens is 398 g/mol. The highest BCUT2D eigenvalue weighted by atomic mass is 35.5. The lowest BCUT2D eigenvalue weighted by atomic mass is 9.93. The predicted octanol–water partition coefficient (Wildman–Crippen LogP) is 5.49. The van der Waals surface area contributed by atoms with Crippen molar-refractivity contribution in [3.63, 3.8) is 0 Å². The normalized spacial score (nSPS) is 12.6. The van der Waals surface area contributed by atoms with E-state index in [4.69, 9.17) is 16.6 Å². The summed E-state index contributed by atoms with van der Waals surface area (Å²) in [6.45, 7) is 8.65. The fourth-order valence-corrected chi connectivity index (χ4v) is 4.06. The first-order chi connectivity index (χ1) is 14.3. The molecule has 7 heteroatoms. The molecule has 0 fully saturated rings. The zero-order chi connectivity index (χ0) is 22.0. The Morgan fingerprint density at radius 2 is 1.93 bits per heavy atom. The van der Waals surface area contributed by atoms with Crippen LogP contribution in [0.2, 0.25) is 5.02 Å². The minimum atomic E-state index is -0.521. The summed E-state index contributed by atoms with van der Waals surface area (Å²) in [4.78, 5) is 11.3. The molecule has 0 spiro atoms. The minimum absolute atomic E-state index is 0.407. The van der Waals surface area contributed by atoms with Crippen molar-refractivity contribution in [2.45, 2.75) is 59.1 Å². The van der Waals surface area contributed by atoms with Gasteiger partial charge in [-0.1, -0.05) is 31.5 Å². The van der Waals surface area contributed by atoms with Crippen LogP contribution in [-0.4, -0.2) is 39.8 Å². The van der Waals surface area contributed by atoms with E-state index in [1.807, 2.05) is 44.2 Å². The first-order valence-electron chi connectivity index (χ1n) is 10.5. The molecule has 6 nitrogen and oxygen atoms in total. The van der Waals surface area contributed by atoms with Crippen LogP contribution in [0.15, 0.2) is 24.4 Å². The van der Waals surface area contributed by atoms with Crippen molar-refractivity contribution in [1.29, 1.82) is 0 Å². The number of nitrogens with zero attached hydrogens (tertiary/aromatic N) is 4. The standard InChI is InChI=1S/C23H32ClN5O/c1-7-16(8-2)17-9-10-18(24)21-22(17)29(13-15(4)30)23(27-21)26-19-12-25-20(28(5)6)11-14(19)3/h9-12,15-16,30H,7-8,13H2,1-6H3,(H,26,27). The van der Waals surface area contributed by atoms with Gasteiger partial charge in [-0.25, -0.2) is 9.97 Å². The molecule has 3 aromatic rings. The molecule has 30 heavy (non-hydrogen) atoms. The Kier molecular flexibility index (Phi) is 6.88. The van der Waals surface area contributed by atoms with Crippen molar-refractivity contribution >= 4 is 40.1 Å². The number of benzene rings is 1. The minimum Gasteiger partial charge on any atom is -0.392 e. The molecule has 162 valence electrons. The lowest BCUT2D eigenvalue weighted by Gasteiger charge is -2.19. The van der Waals surface area contributed by atoms with E-state index in [-0.39, 0.29) is 0 Å². The van der Waals surface area contributed by atoms with Gasteiger partial charge in [0, 0.05) is 14.1 Å². The van der Waals surface area contributed by atoms with Gasteiger partial charge in [-0.2, -0.15) is 0 Å². The van der Waals surface area contributed by atoms with Crippen molar-refractivity contribution < 1.29 is 5.11 Å². The van der Waals surface area contributed by atoms with Crippen molar-refractivity contribution in [1.82, 2.24) is 14.5 Å². The summed E-state index contributed by atoms with van der Waals surface area (Å²) in [5.41, 5.74) is 4.92. The van der Waals surface area contributed by atoms with Crippen LogP contribution in [0.1, 0.15) is 50.7 Å². The number of nitrogens with one attached hydrogen (secondary N) is 1. The number of aromatic nitrogens is 3. The number of aliphatic hydroxyl groups is 1. The number of pyridine rings is 1. The number of imidazole rings is 1. The number of hydrogen-bond donors (Lipinski definition) is 2. The molecule has 0 aliphatic heterocycles. The van der Waals surface area contributed by atoms with Crippen LogP contribution in [-0.2, 0) is 6.54 Å². The summed E-state index contributed by atoms with van der Waals surface area (Å²) in [6, 6.07) is 6.07. The second-order valence-electron chi connectivity index (χ2n) is 8.12. The van der Waals surface area contributed by atoms with Crippen LogP contribution in [0.25, 0.3) is 11.0 Å². The molecule has 2 aromatic heterocycles. The summed E-state index contributed by atoms with van der Waals surface area (Å²) in [5.74, 6) is 1.97. The first-order valence-corrected chi connectivity index (χ1v) is 10.9. The monoisotopic (exact) mass is 429 g/mol. The highest BCUT2D eigenvalue weighted by Crippen LogP contribution is 2.36. The zero-order valence-electron chi connectivity index (χ0n) is 18.7. The lowest BCUT2D eigenvalue weighted by molar-refractivity contribution is 0.175. The number of aliphatic hydroxyl groups excluding tert-OH is 1. The molecule has 0 radical (unpaired) electrons. The number of rotatable bonds is 8. The largest absolute Gasteiger partial charge is 0.392 e. The Hall–Kier alpha value is -2.31. The van der Waals surface area contributed by atoms with Gasteiger partial charge in [0.25, 0.3) is 0 Å². The van der Waals surface area contributed by atoms with Crippen molar-refractivity contribution in [3.05, 3.63) is 40.5 Å². The Balaban J connectivity index is 2.17. The summed E-state index contributed by atoms with van der Waals surface area (Å²) in [6.07, 6.45) is 3.36. The molecule has 0 amide bonds. The van der Waals surface area contributed by atoms with Crippen LogP contribution in [0.5, 0.6) is 0 Å². The maximum absolute atomic E-state index is 10.2. The Bertz CT molecular complexity index is 1020. The second kappa shape index (κ2) is 9.23. The topological polar surface area (TPSA) is 66.2 Å². The first kappa shape index (κ1) is 22.4. The number of hydrogen-bond acceptors (Lipinski definition) is 5. The third kappa shape index (κ3) is 4.40. The Labute approximate surface area is 183 Å². The van der Waals surface area contributed by atoms with Crippen molar-refractivity contribution in [3.8, 4) is 0 Å². The van der Waals surface area contributed by atoms with Crippen molar-refractivity contribution in [2.75, 3.05) is 24.3 Å². The van der Waals surface area contributed by atoms with Gasteiger partial charge in [-0.05, 0) is 55.9 Å². The summed E-state index contributed by atoms with van der Waals surface area (Å²) < 4.78 is 2.05. The van der Waals surface area contributed by atoms with E-state index in [0.29, 0.717) is 23.4 Å². The summed E-state index contributed by atoms with van der Waals surface area (Å²) in [7, 11) is 3.94. The smallest absolute Gasteiger partial charge is 0.208 e. The van der Waals surface area contributed by atoms with E-state index in [9.17, 15) is 5.11 Å². The molecule has 2 N–H and O–H groups in total. The molecule has 0 aliphatic carbocycles. The van der Waals surface area contributed by atoms with E-state index < -0.39 is 6.10 Å². The van der Waals surface area contributed by atoms with Gasteiger partial charge >= 0.3 is 0 Å². The van der Waals surface area contributed by atoms with E-state index in [1.54, 1.807) is 6.92 Å². The quantitative estimate of drug-likeness (QED) is 0.495. The zero-order valence-corrected chi connectivity index (χ0v) is 19.5. The summed E-state index contributed by atoms with van der Waals surface area (Å²) >= 11 is 6.55. The average molecular weight is 430 g/mol. The second-order valence-corrected chi connectivity index (χ2v) is 8.53. The van der Waals surface area contributed by atoms with Gasteiger partial charge in [0.1, 0.15) is 11.3 Å². The molecule has 0 saturated heterocycles. The molecule has 0 saturated carbocycles. The molecule has 0 bridgehead atoms. The predicted molar refractivity (Wildman–Crippen MR) is 126 cm³/mol. The fraction of sp³-hybridized carbons (Fsp3) is 0.478. The van der Waals surface area contributed by atoms with Gasteiger partial charge in [0.2, 0.25) is 5.95 Å². The SMILES string of the molecule is CCC(CC)c1ccc(Cl)c2nc(Nc3cnc(N(C)C)cc3C)n(CC(C)O)c12.